The molecule has 2 heteroatoms. The van der Waals surface area contributed by atoms with Crippen molar-refractivity contribution >= 4 is 0 Å². The third-order valence-corrected chi connectivity index (χ3v) is 3.98. The van der Waals surface area contributed by atoms with E-state index >= 15 is 0 Å². The molecule has 1 heterocycles. The van der Waals surface area contributed by atoms with Crippen LogP contribution in [0.3, 0.4) is 0 Å². The molecule has 2 atom stereocenters. The topological polar surface area (TPSA) is 29.5 Å². The number of aliphatic hydroxyl groups is 1. The molecular weight excluding hydrogens is 248 g/mol. The van der Waals surface area contributed by atoms with Crippen molar-refractivity contribution in [2.45, 2.75) is 31.0 Å². The van der Waals surface area contributed by atoms with E-state index in [4.69, 9.17) is 4.74 Å². The summed E-state index contributed by atoms with van der Waals surface area (Å²) in [4.78, 5) is 0. The van der Waals surface area contributed by atoms with Crippen LogP contribution in [-0.4, -0.2) is 23.9 Å². The molecule has 2 aromatic rings. The highest BCUT2D eigenvalue weighted by Crippen LogP contribution is 2.34. The first-order chi connectivity index (χ1) is 9.84. The fourth-order valence-corrected chi connectivity index (χ4v) is 2.96. The molecule has 0 saturated carbocycles. The van der Waals surface area contributed by atoms with Gasteiger partial charge in [0, 0.05) is 5.92 Å². The summed E-state index contributed by atoms with van der Waals surface area (Å²) in [5.74, 6) is 0.241. The quantitative estimate of drug-likeness (QED) is 0.925. The van der Waals surface area contributed by atoms with Gasteiger partial charge < -0.3 is 9.84 Å². The molecule has 0 spiro atoms. The van der Waals surface area contributed by atoms with Crippen LogP contribution in [0.5, 0.6) is 0 Å². The van der Waals surface area contributed by atoms with Gasteiger partial charge in [0.25, 0.3) is 0 Å². The van der Waals surface area contributed by atoms with Crippen molar-refractivity contribution in [1.29, 1.82) is 0 Å². The summed E-state index contributed by atoms with van der Waals surface area (Å²) >= 11 is 0. The van der Waals surface area contributed by atoms with Crippen molar-refractivity contribution in [3.63, 3.8) is 0 Å². The molecule has 1 saturated heterocycles. The average Bonchev–Trinajstić information content (AvgIpc) is 2.52. The maximum absolute atomic E-state index is 9.62. The lowest BCUT2D eigenvalue weighted by Crippen LogP contribution is -2.33. The first-order valence-corrected chi connectivity index (χ1v) is 7.24. The van der Waals surface area contributed by atoms with Crippen molar-refractivity contribution < 1.29 is 9.84 Å². The van der Waals surface area contributed by atoms with E-state index in [9.17, 15) is 5.11 Å². The van der Waals surface area contributed by atoms with Gasteiger partial charge in [0.15, 0.2) is 0 Å². The fourth-order valence-electron chi connectivity index (χ4n) is 2.96. The largest absolute Gasteiger partial charge is 0.391 e. The van der Waals surface area contributed by atoms with Crippen molar-refractivity contribution in [2.75, 3.05) is 6.61 Å². The molecule has 0 bridgehead atoms. The van der Waals surface area contributed by atoms with Crippen molar-refractivity contribution in [1.82, 2.24) is 0 Å². The standard InChI is InChI=1S/C18H20O2/c19-16-11-12-17(20-13-16)18(14-7-3-1-4-8-14)15-9-5-2-6-10-15/h1-10,16-19H,11-13H2/t16-,17+/m1/s1. The molecule has 1 N–H and O–H groups in total. The van der Waals surface area contributed by atoms with Gasteiger partial charge in [0.2, 0.25) is 0 Å². The second-order valence-corrected chi connectivity index (χ2v) is 5.40. The molecule has 3 rings (SSSR count). The van der Waals surface area contributed by atoms with Gasteiger partial charge in [-0.25, -0.2) is 0 Å². The Balaban J connectivity index is 1.92. The van der Waals surface area contributed by atoms with Crippen LogP contribution in [0.15, 0.2) is 60.7 Å². The van der Waals surface area contributed by atoms with E-state index in [1.165, 1.54) is 11.1 Å². The van der Waals surface area contributed by atoms with Crippen molar-refractivity contribution in [2.24, 2.45) is 0 Å². The lowest BCUT2D eigenvalue weighted by Gasteiger charge is -2.33. The van der Waals surface area contributed by atoms with E-state index < -0.39 is 0 Å². The van der Waals surface area contributed by atoms with Crippen molar-refractivity contribution in [3.05, 3.63) is 71.8 Å². The summed E-state index contributed by atoms with van der Waals surface area (Å²) < 4.78 is 5.91. The number of rotatable bonds is 3. The maximum atomic E-state index is 9.62. The first-order valence-electron chi connectivity index (χ1n) is 7.24. The Morgan fingerprint density at radius 2 is 1.40 bits per heavy atom. The Morgan fingerprint density at radius 1 is 0.850 bits per heavy atom. The lowest BCUT2D eigenvalue weighted by atomic mass is 9.83. The fraction of sp³-hybridized carbons (Fsp3) is 0.333. The van der Waals surface area contributed by atoms with Crippen LogP contribution in [0, 0.1) is 0 Å². The minimum atomic E-state index is -0.307. The highest BCUT2D eigenvalue weighted by Gasteiger charge is 2.29. The van der Waals surface area contributed by atoms with Crippen LogP contribution in [-0.2, 0) is 4.74 Å². The summed E-state index contributed by atoms with van der Waals surface area (Å²) in [7, 11) is 0. The molecule has 0 unspecified atom stereocenters. The molecule has 1 aliphatic heterocycles. The SMILES string of the molecule is O[C@@H]1CC[C@@H](C(c2ccccc2)c2ccccc2)OC1. The zero-order valence-corrected chi connectivity index (χ0v) is 11.5. The highest BCUT2D eigenvalue weighted by atomic mass is 16.5. The summed E-state index contributed by atoms with van der Waals surface area (Å²) in [5.41, 5.74) is 2.56. The average molecular weight is 268 g/mol. The van der Waals surface area contributed by atoms with E-state index in [-0.39, 0.29) is 18.1 Å². The van der Waals surface area contributed by atoms with Gasteiger partial charge in [0.05, 0.1) is 18.8 Å². The Hall–Kier alpha value is -1.64. The van der Waals surface area contributed by atoms with E-state index in [0.717, 1.165) is 12.8 Å². The third kappa shape index (κ3) is 2.92. The second kappa shape index (κ2) is 6.21. The minimum absolute atomic E-state index is 0.142. The Kier molecular flexibility index (Phi) is 4.14. The van der Waals surface area contributed by atoms with Crippen LogP contribution < -0.4 is 0 Å². The number of hydrogen-bond donors (Lipinski definition) is 1. The van der Waals surface area contributed by atoms with E-state index in [1.807, 2.05) is 12.1 Å². The predicted octanol–water partition coefficient (Wildman–Crippen LogP) is 3.36. The molecule has 0 aliphatic carbocycles. The zero-order valence-electron chi connectivity index (χ0n) is 11.5. The highest BCUT2D eigenvalue weighted by molar-refractivity contribution is 5.33. The zero-order chi connectivity index (χ0) is 13.8. The number of hydrogen-bond acceptors (Lipinski definition) is 2. The van der Waals surface area contributed by atoms with Gasteiger partial charge in [-0.05, 0) is 24.0 Å². The summed E-state index contributed by atoms with van der Waals surface area (Å²) in [6.45, 7) is 0.445. The van der Waals surface area contributed by atoms with Crippen LogP contribution in [0.1, 0.15) is 29.9 Å². The summed E-state index contributed by atoms with van der Waals surface area (Å²) in [6, 6.07) is 21.0. The van der Waals surface area contributed by atoms with Gasteiger partial charge in [-0.2, -0.15) is 0 Å². The normalized spacial score (nSPS) is 22.9. The Bertz CT molecular complexity index is 476. The van der Waals surface area contributed by atoms with Crippen LogP contribution >= 0.6 is 0 Å². The van der Waals surface area contributed by atoms with Gasteiger partial charge in [-0.1, -0.05) is 60.7 Å². The van der Waals surface area contributed by atoms with E-state index in [1.54, 1.807) is 0 Å². The second-order valence-electron chi connectivity index (χ2n) is 5.40. The van der Waals surface area contributed by atoms with E-state index in [2.05, 4.69) is 48.5 Å². The number of ether oxygens (including phenoxy) is 1. The third-order valence-electron chi connectivity index (χ3n) is 3.98. The first kappa shape index (κ1) is 13.3. The summed E-state index contributed by atoms with van der Waals surface area (Å²) in [5, 5.41) is 9.62. The van der Waals surface area contributed by atoms with Gasteiger partial charge in [-0.15, -0.1) is 0 Å². The molecule has 0 aromatic heterocycles. The Labute approximate surface area is 120 Å². The molecule has 0 radical (unpaired) electrons. The lowest BCUT2D eigenvalue weighted by molar-refractivity contribution is -0.0610. The number of aliphatic hydroxyl groups excluding tert-OH is 1. The minimum Gasteiger partial charge on any atom is -0.391 e. The van der Waals surface area contributed by atoms with Crippen molar-refractivity contribution in [3.8, 4) is 0 Å². The Morgan fingerprint density at radius 3 is 1.85 bits per heavy atom. The van der Waals surface area contributed by atoms with E-state index in [0.29, 0.717) is 6.61 Å². The molecule has 2 nitrogen and oxygen atoms in total. The smallest absolute Gasteiger partial charge is 0.0774 e. The molecule has 2 aromatic carbocycles. The van der Waals surface area contributed by atoms with Crippen LogP contribution in [0.25, 0.3) is 0 Å². The van der Waals surface area contributed by atoms with Gasteiger partial charge >= 0.3 is 0 Å². The monoisotopic (exact) mass is 268 g/mol. The maximum Gasteiger partial charge on any atom is 0.0774 e. The molecule has 1 fully saturated rings. The molecular formula is C18H20O2. The molecule has 20 heavy (non-hydrogen) atoms. The van der Waals surface area contributed by atoms with Crippen LogP contribution in [0.2, 0.25) is 0 Å². The molecule has 0 amide bonds. The number of benzene rings is 2. The molecule has 1 aliphatic rings. The van der Waals surface area contributed by atoms with Crippen LogP contribution in [0.4, 0.5) is 0 Å². The van der Waals surface area contributed by atoms with Gasteiger partial charge in [0.1, 0.15) is 0 Å². The van der Waals surface area contributed by atoms with Gasteiger partial charge in [-0.3, -0.25) is 0 Å². The summed E-state index contributed by atoms with van der Waals surface area (Å²) in [6.07, 6.45) is 1.55. The molecule has 104 valence electrons. The predicted molar refractivity (Wildman–Crippen MR) is 79.7 cm³/mol.